The minimum absolute atomic E-state index is 0.153. The molecule has 0 heterocycles. The van der Waals surface area contributed by atoms with Crippen LogP contribution < -0.4 is 0 Å². The molecule has 0 aliphatic rings. The third-order valence-electron chi connectivity index (χ3n) is 3.46. The molecule has 5 heteroatoms. The van der Waals surface area contributed by atoms with Crippen LogP contribution in [0.25, 0.3) is 22.3 Å². The summed E-state index contributed by atoms with van der Waals surface area (Å²) < 4.78 is 28.2. The van der Waals surface area contributed by atoms with Gasteiger partial charge in [-0.3, -0.25) is 0 Å². The maximum Gasteiger partial charge on any atom is 0.167 e. The zero-order valence-electron chi connectivity index (χ0n) is 11.6. The van der Waals surface area contributed by atoms with Gasteiger partial charge in [-0.2, -0.15) is 0 Å². The smallest absolute Gasteiger partial charge is 0.167 e. The van der Waals surface area contributed by atoms with Crippen molar-refractivity contribution < 1.29 is 8.78 Å². The molecule has 0 unspecified atom stereocenters. The Morgan fingerprint density at radius 1 is 0.652 bits per heavy atom. The Hall–Kier alpha value is -1.61. The Balaban J connectivity index is 2.27. The van der Waals surface area contributed by atoms with Crippen LogP contribution in [0.4, 0.5) is 8.78 Å². The standard InChI is InChI=1S/C18H9Cl3F2/c19-12-4-1-10(2-5-12)17-13(6-8-16(22)18(17)23)11-3-7-14(20)15(21)9-11/h1-9H. The lowest BCUT2D eigenvalue weighted by molar-refractivity contribution is 0.511. The van der Waals surface area contributed by atoms with Crippen molar-refractivity contribution in [2.24, 2.45) is 0 Å². The highest BCUT2D eigenvalue weighted by Crippen LogP contribution is 2.37. The van der Waals surface area contributed by atoms with Crippen LogP contribution in [0.5, 0.6) is 0 Å². The van der Waals surface area contributed by atoms with Gasteiger partial charge < -0.3 is 0 Å². The molecule has 0 atom stereocenters. The number of benzene rings is 3. The fourth-order valence-corrected chi connectivity index (χ4v) is 2.78. The predicted molar refractivity (Wildman–Crippen MR) is 92.3 cm³/mol. The van der Waals surface area contributed by atoms with Crippen LogP contribution in [0.1, 0.15) is 0 Å². The number of hydrogen-bond donors (Lipinski definition) is 0. The summed E-state index contributed by atoms with van der Waals surface area (Å²) in [5.74, 6) is -1.84. The highest BCUT2D eigenvalue weighted by Gasteiger charge is 2.17. The molecule has 116 valence electrons. The molecule has 0 radical (unpaired) electrons. The van der Waals surface area contributed by atoms with Crippen LogP contribution in [-0.4, -0.2) is 0 Å². The van der Waals surface area contributed by atoms with Gasteiger partial charge in [-0.15, -0.1) is 0 Å². The first kappa shape index (κ1) is 16.3. The van der Waals surface area contributed by atoms with E-state index in [1.165, 1.54) is 6.07 Å². The average molecular weight is 370 g/mol. The van der Waals surface area contributed by atoms with E-state index >= 15 is 0 Å². The molecule has 0 aliphatic heterocycles. The molecule has 0 nitrogen and oxygen atoms in total. The zero-order chi connectivity index (χ0) is 16.6. The van der Waals surface area contributed by atoms with Crippen LogP contribution in [0.15, 0.2) is 54.6 Å². The molecule has 0 saturated heterocycles. The molecule has 0 amide bonds. The van der Waals surface area contributed by atoms with Crippen molar-refractivity contribution in [3.8, 4) is 22.3 Å². The minimum atomic E-state index is -0.920. The van der Waals surface area contributed by atoms with Gasteiger partial charge in [-0.1, -0.05) is 59.1 Å². The van der Waals surface area contributed by atoms with Gasteiger partial charge in [0.2, 0.25) is 0 Å². The lowest BCUT2D eigenvalue weighted by atomic mass is 9.94. The summed E-state index contributed by atoms with van der Waals surface area (Å²) in [5, 5.41) is 1.25. The first-order chi connectivity index (χ1) is 11.0. The first-order valence-electron chi connectivity index (χ1n) is 6.66. The summed E-state index contributed by atoms with van der Waals surface area (Å²) in [7, 11) is 0. The van der Waals surface area contributed by atoms with Crippen LogP contribution in [0.3, 0.4) is 0 Å². The van der Waals surface area contributed by atoms with Gasteiger partial charge in [0, 0.05) is 10.6 Å². The van der Waals surface area contributed by atoms with E-state index in [1.807, 2.05) is 0 Å². The van der Waals surface area contributed by atoms with Gasteiger partial charge in [-0.25, -0.2) is 8.78 Å². The van der Waals surface area contributed by atoms with Crippen LogP contribution in [0, 0.1) is 11.6 Å². The Morgan fingerprint density at radius 3 is 1.96 bits per heavy atom. The van der Waals surface area contributed by atoms with E-state index < -0.39 is 11.6 Å². The average Bonchev–Trinajstić information content (AvgIpc) is 2.54. The third kappa shape index (κ3) is 3.20. The molecule has 3 aromatic rings. The summed E-state index contributed by atoms with van der Waals surface area (Å²) in [6.07, 6.45) is 0. The Labute approximate surface area is 147 Å². The Morgan fingerprint density at radius 2 is 1.30 bits per heavy atom. The lowest BCUT2D eigenvalue weighted by Gasteiger charge is -2.13. The third-order valence-corrected chi connectivity index (χ3v) is 4.45. The highest BCUT2D eigenvalue weighted by molar-refractivity contribution is 6.42. The second-order valence-corrected chi connectivity index (χ2v) is 6.17. The Bertz CT molecular complexity index is 874. The highest BCUT2D eigenvalue weighted by atomic mass is 35.5. The van der Waals surface area contributed by atoms with Crippen molar-refractivity contribution >= 4 is 34.8 Å². The summed E-state index contributed by atoms with van der Waals surface area (Å²) in [4.78, 5) is 0. The summed E-state index contributed by atoms with van der Waals surface area (Å²) in [5.41, 5.74) is 1.83. The molecular weight excluding hydrogens is 361 g/mol. The largest absolute Gasteiger partial charge is 0.204 e. The molecule has 0 aromatic heterocycles. The molecule has 0 bridgehead atoms. The van der Waals surface area contributed by atoms with Crippen LogP contribution in [0.2, 0.25) is 15.1 Å². The van der Waals surface area contributed by atoms with Crippen LogP contribution in [-0.2, 0) is 0 Å². The second kappa shape index (κ2) is 6.48. The number of halogens is 5. The summed E-state index contributed by atoms with van der Waals surface area (Å²) in [6.45, 7) is 0. The van der Waals surface area contributed by atoms with E-state index in [0.717, 1.165) is 6.07 Å². The molecule has 0 saturated carbocycles. The van der Waals surface area contributed by atoms with E-state index in [-0.39, 0.29) is 5.56 Å². The Kier molecular flexibility index (Phi) is 4.58. The van der Waals surface area contributed by atoms with Crippen LogP contribution >= 0.6 is 34.8 Å². The molecular formula is C18H9Cl3F2. The predicted octanol–water partition coefficient (Wildman–Crippen LogP) is 7.26. The van der Waals surface area contributed by atoms with Gasteiger partial charge in [0.25, 0.3) is 0 Å². The molecule has 3 aromatic carbocycles. The van der Waals surface area contributed by atoms with E-state index in [9.17, 15) is 8.78 Å². The van der Waals surface area contributed by atoms with E-state index in [4.69, 9.17) is 34.8 Å². The van der Waals surface area contributed by atoms with Crippen molar-refractivity contribution in [1.29, 1.82) is 0 Å². The van der Waals surface area contributed by atoms with Gasteiger partial charge in [-0.05, 0) is 47.0 Å². The summed E-state index contributed by atoms with van der Waals surface area (Å²) >= 11 is 17.8. The fourth-order valence-electron chi connectivity index (χ4n) is 2.35. The van der Waals surface area contributed by atoms with Gasteiger partial charge in [0.15, 0.2) is 11.6 Å². The normalized spacial score (nSPS) is 10.8. The molecule has 3 rings (SSSR count). The van der Waals surface area contributed by atoms with Gasteiger partial charge in [0.05, 0.1) is 10.0 Å². The number of hydrogen-bond acceptors (Lipinski definition) is 0. The maximum atomic E-state index is 14.4. The topological polar surface area (TPSA) is 0 Å². The van der Waals surface area contributed by atoms with Crippen molar-refractivity contribution in [3.63, 3.8) is 0 Å². The molecule has 0 aliphatic carbocycles. The van der Waals surface area contributed by atoms with E-state index in [2.05, 4.69) is 0 Å². The molecule has 23 heavy (non-hydrogen) atoms. The monoisotopic (exact) mass is 368 g/mol. The van der Waals surface area contributed by atoms with Gasteiger partial charge >= 0.3 is 0 Å². The molecule has 0 fully saturated rings. The van der Waals surface area contributed by atoms with Crippen molar-refractivity contribution in [2.75, 3.05) is 0 Å². The van der Waals surface area contributed by atoms with E-state index in [0.29, 0.717) is 31.8 Å². The fraction of sp³-hybridized carbons (Fsp3) is 0. The molecule has 0 spiro atoms. The zero-order valence-corrected chi connectivity index (χ0v) is 13.9. The maximum absolute atomic E-state index is 14.4. The SMILES string of the molecule is Fc1ccc(-c2ccc(Cl)c(Cl)c2)c(-c2ccc(Cl)cc2)c1F. The number of rotatable bonds is 2. The summed E-state index contributed by atoms with van der Waals surface area (Å²) in [6, 6.07) is 14.1. The van der Waals surface area contributed by atoms with Crippen molar-refractivity contribution in [1.82, 2.24) is 0 Å². The first-order valence-corrected chi connectivity index (χ1v) is 7.80. The molecule has 0 N–H and O–H groups in total. The van der Waals surface area contributed by atoms with Gasteiger partial charge in [0.1, 0.15) is 0 Å². The quantitative estimate of drug-likeness (QED) is 0.446. The second-order valence-electron chi connectivity index (χ2n) is 4.92. The van der Waals surface area contributed by atoms with Crippen molar-refractivity contribution in [2.45, 2.75) is 0 Å². The minimum Gasteiger partial charge on any atom is -0.204 e. The lowest BCUT2D eigenvalue weighted by Crippen LogP contribution is -1.94. The van der Waals surface area contributed by atoms with E-state index in [1.54, 1.807) is 42.5 Å². The van der Waals surface area contributed by atoms with Crippen molar-refractivity contribution in [3.05, 3.63) is 81.3 Å².